The number of hydrogen-bond donors (Lipinski definition) is 1. The van der Waals surface area contributed by atoms with E-state index in [1.54, 1.807) is 12.1 Å². The molecule has 1 aromatic heterocycles. The van der Waals surface area contributed by atoms with E-state index in [-0.39, 0.29) is 46.0 Å². The molecule has 7 rings (SSSR count). The van der Waals surface area contributed by atoms with Crippen LogP contribution >= 0.6 is 11.6 Å². The third-order valence-electron chi connectivity index (χ3n) is 9.39. The minimum Gasteiger partial charge on any atom is -0.508 e. The van der Waals surface area contributed by atoms with Crippen LogP contribution in [0.15, 0.2) is 42.5 Å². The standard InChI is InChI=1S/C36H41ClFN5O4/c1-36(2,3)47-35(45)43-23-11-12-24(43)21-42(20-23)33-28-19-29(37)30(27-18-25(44)17-22-9-4-5-10-26(22)27)31(38)32(28)39-34(40-33)46-16-8-15-41-13-6-7-14-41/h4-5,9-10,17-19,23-24,44H,6-8,11-16,20-21H2,1-3H3. The first-order valence-electron chi connectivity index (χ1n) is 16.6. The third kappa shape index (κ3) is 6.37. The van der Waals surface area contributed by atoms with Gasteiger partial charge in [-0.05, 0) is 100 Å². The molecule has 4 heterocycles. The summed E-state index contributed by atoms with van der Waals surface area (Å²) in [5.74, 6) is -0.0689. The van der Waals surface area contributed by atoms with Gasteiger partial charge in [0.25, 0.3) is 0 Å². The molecule has 0 saturated carbocycles. The number of aromatic nitrogens is 2. The topological polar surface area (TPSA) is 91.3 Å². The summed E-state index contributed by atoms with van der Waals surface area (Å²) in [6, 6.07) is 12.3. The number of hydrogen-bond acceptors (Lipinski definition) is 8. The van der Waals surface area contributed by atoms with Crippen LogP contribution in [-0.2, 0) is 4.74 Å². The van der Waals surface area contributed by atoms with Crippen LogP contribution in [0.5, 0.6) is 11.8 Å². The van der Waals surface area contributed by atoms with Crippen molar-refractivity contribution in [3.8, 4) is 22.9 Å². The molecule has 9 nitrogen and oxygen atoms in total. The Morgan fingerprint density at radius 1 is 1.04 bits per heavy atom. The van der Waals surface area contributed by atoms with Gasteiger partial charge in [-0.25, -0.2) is 9.18 Å². The molecule has 1 amide bonds. The highest BCUT2D eigenvalue weighted by atomic mass is 35.5. The number of nitrogens with zero attached hydrogens (tertiary/aromatic N) is 5. The van der Waals surface area contributed by atoms with Gasteiger partial charge in [-0.1, -0.05) is 35.9 Å². The molecule has 3 aromatic carbocycles. The van der Waals surface area contributed by atoms with Gasteiger partial charge < -0.3 is 24.4 Å². The molecule has 11 heteroatoms. The van der Waals surface area contributed by atoms with E-state index in [1.165, 1.54) is 18.9 Å². The maximum absolute atomic E-state index is 16.9. The van der Waals surface area contributed by atoms with Gasteiger partial charge in [0, 0.05) is 30.6 Å². The van der Waals surface area contributed by atoms with E-state index in [9.17, 15) is 9.90 Å². The van der Waals surface area contributed by atoms with Gasteiger partial charge in [-0.2, -0.15) is 9.97 Å². The zero-order chi connectivity index (χ0) is 32.9. The molecule has 0 spiro atoms. The number of fused-ring (bicyclic) bond motifs is 4. The van der Waals surface area contributed by atoms with Crippen molar-refractivity contribution in [3.05, 3.63) is 53.3 Å². The van der Waals surface area contributed by atoms with Gasteiger partial charge in [0.2, 0.25) is 0 Å². The zero-order valence-electron chi connectivity index (χ0n) is 27.1. The van der Waals surface area contributed by atoms with Gasteiger partial charge in [-0.15, -0.1) is 0 Å². The lowest BCUT2D eigenvalue weighted by atomic mass is 9.96. The number of benzene rings is 3. The first-order chi connectivity index (χ1) is 22.6. The summed E-state index contributed by atoms with van der Waals surface area (Å²) < 4.78 is 28.7. The number of carbonyl (C=O) groups excluding carboxylic acids is 1. The lowest BCUT2D eigenvalue weighted by molar-refractivity contribution is 0.0122. The quantitative estimate of drug-likeness (QED) is 0.205. The van der Waals surface area contributed by atoms with Crippen LogP contribution < -0.4 is 9.64 Å². The Kier molecular flexibility index (Phi) is 8.51. The fourth-order valence-electron chi connectivity index (χ4n) is 7.36. The van der Waals surface area contributed by atoms with E-state index in [4.69, 9.17) is 26.1 Å². The highest BCUT2D eigenvalue weighted by molar-refractivity contribution is 6.35. The Balaban J connectivity index is 1.27. The Morgan fingerprint density at radius 3 is 2.49 bits per heavy atom. The van der Waals surface area contributed by atoms with E-state index in [2.05, 4.69) is 14.8 Å². The minimum absolute atomic E-state index is 0.0120. The van der Waals surface area contributed by atoms with Gasteiger partial charge >= 0.3 is 12.1 Å². The van der Waals surface area contributed by atoms with Crippen LogP contribution in [0.25, 0.3) is 32.8 Å². The average Bonchev–Trinajstić information content (AvgIpc) is 3.63. The fourth-order valence-corrected chi connectivity index (χ4v) is 7.65. The predicted octanol–water partition coefficient (Wildman–Crippen LogP) is 7.40. The van der Waals surface area contributed by atoms with Crippen molar-refractivity contribution < 1.29 is 23.8 Å². The van der Waals surface area contributed by atoms with Crippen molar-refractivity contribution in [1.82, 2.24) is 19.8 Å². The number of carbonyl (C=O) groups is 1. The molecule has 248 valence electrons. The third-order valence-corrected chi connectivity index (χ3v) is 9.69. The van der Waals surface area contributed by atoms with Crippen LogP contribution in [0.4, 0.5) is 15.0 Å². The molecule has 1 N–H and O–H groups in total. The number of rotatable bonds is 7. The lowest BCUT2D eigenvalue weighted by Gasteiger charge is -2.42. The smallest absolute Gasteiger partial charge is 0.410 e. The molecular weight excluding hydrogens is 621 g/mol. The maximum Gasteiger partial charge on any atom is 0.410 e. The molecule has 3 saturated heterocycles. The highest BCUT2D eigenvalue weighted by Crippen LogP contribution is 2.43. The Morgan fingerprint density at radius 2 is 1.77 bits per heavy atom. The first kappa shape index (κ1) is 31.7. The van der Waals surface area contributed by atoms with E-state index in [0.717, 1.165) is 49.7 Å². The predicted molar refractivity (Wildman–Crippen MR) is 182 cm³/mol. The Bertz CT molecular complexity index is 1810. The highest BCUT2D eigenvalue weighted by Gasteiger charge is 2.45. The number of aromatic hydroxyl groups is 1. The maximum atomic E-state index is 16.9. The molecule has 2 unspecified atom stereocenters. The van der Waals surface area contributed by atoms with Crippen molar-refractivity contribution in [1.29, 1.82) is 0 Å². The summed E-state index contributed by atoms with van der Waals surface area (Å²) in [5.41, 5.74) is 0.135. The second-order valence-corrected chi connectivity index (χ2v) is 14.3. The second-order valence-electron chi connectivity index (χ2n) is 13.9. The van der Waals surface area contributed by atoms with Crippen molar-refractivity contribution >= 4 is 45.2 Å². The van der Waals surface area contributed by atoms with Crippen LogP contribution in [-0.4, -0.2) is 88.0 Å². The summed E-state index contributed by atoms with van der Waals surface area (Å²) in [6.07, 6.45) is 4.62. The Labute approximate surface area is 279 Å². The first-order valence-corrected chi connectivity index (χ1v) is 17.0. The molecular formula is C36H41ClFN5O4. The van der Waals surface area contributed by atoms with Crippen molar-refractivity contribution in [3.63, 3.8) is 0 Å². The lowest BCUT2D eigenvalue weighted by Crippen LogP contribution is -2.57. The number of phenolic OH excluding ortho intramolecular Hbond substituents is 1. The van der Waals surface area contributed by atoms with E-state index in [0.29, 0.717) is 36.5 Å². The molecule has 0 radical (unpaired) electrons. The number of halogens is 2. The van der Waals surface area contributed by atoms with Crippen LogP contribution in [0.3, 0.4) is 0 Å². The SMILES string of the molecule is CC(C)(C)OC(=O)N1C2CCC1CN(c1nc(OCCCN3CCCC3)nc3c(F)c(-c4cc(O)cc5ccccc45)c(Cl)cc13)C2. The van der Waals surface area contributed by atoms with Gasteiger partial charge in [0.1, 0.15) is 22.7 Å². The number of ether oxygens (including phenoxy) is 2. The monoisotopic (exact) mass is 661 g/mol. The van der Waals surface area contributed by atoms with Crippen LogP contribution in [0.1, 0.15) is 52.9 Å². The number of phenols is 1. The summed E-state index contributed by atoms with van der Waals surface area (Å²) in [6.45, 7) is 10.2. The van der Waals surface area contributed by atoms with E-state index >= 15 is 4.39 Å². The summed E-state index contributed by atoms with van der Waals surface area (Å²) in [7, 11) is 0. The number of likely N-dealkylation sites (tertiary alicyclic amines) is 1. The Hall–Kier alpha value is -3.89. The van der Waals surface area contributed by atoms with E-state index in [1.807, 2.05) is 49.9 Å². The van der Waals surface area contributed by atoms with Crippen molar-refractivity contribution in [2.75, 3.05) is 44.2 Å². The van der Waals surface area contributed by atoms with Gasteiger partial charge in [-0.3, -0.25) is 4.90 Å². The second kappa shape index (κ2) is 12.6. The number of amides is 1. The molecule has 3 aliphatic heterocycles. The zero-order valence-corrected chi connectivity index (χ0v) is 27.9. The van der Waals surface area contributed by atoms with Crippen molar-refractivity contribution in [2.45, 2.75) is 70.6 Å². The summed E-state index contributed by atoms with van der Waals surface area (Å²) in [5, 5.41) is 12.7. The number of anilines is 1. The van der Waals surface area contributed by atoms with Crippen LogP contribution in [0.2, 0.25) is 5.02 Å². The van der Waals surface area contributed by atoms with Gasteiger partial charge in [0.15, 0.2) is 5.82 Å². The molecule has 0 aliphatic carbocycles. The molecule has 4 aromatic rings. The van der Waals surface area contributed by atoms with Crippen molar-refractivity contribution in [2.24, 2.45) is 0 Å². The molecule has 3 fully saturated rings. The molecule has 47 heavy (non-hydrogen) atoms. The fraction of sp³-hybridized carbons (Fsp3) is 0.472. The summed E-state index contributed by atoms with van der Waals surface area (Å²) in [4.78, 5) is 29.0. The normalized spacial score (nSPS) is 20.0. The molecule has 2 atom stereocenters. The minimum atomic E-state index is -0.607. The van der Waals surface area contributed by atoms with Gasteiger partial charge in [0.05, 0.1) is 23.7 Å². The molecule has 3 aliphatic rings. The average molecular weight is 662 g/mol. The van der Waals surface area contributed by atoms with Crippen LogP contribution in [0, 0.1) is 5.82 Å². The molecule has 2 bridgehead atoms. The van der Waals surface area contributed by atoms with E-state index < -0.39 is 11.4 Å². The summed E-state index contributed by atoms with van der Waals surface area (Å²) >= 11 is 6.91. The number of piperazine rings is 1. The largest absolute Gasteiger partial charge is 0.508 e.